The lowest BCUT2D eigenvalue weighted by Gasteiger charge is -1.90. The molecule has 2 rings (SSSR count). The normalized spacial score (nSPS) is 10.0. The van der Waals surface area contributed by atoms with E-state index in [1.807, 2.05) is 6.07 Å². The first kappa shape index (κ1) is 7.32. The van der Waals surface area contributed by atoms with E-state index in [0.29, 0.717) is 11.1 Å². The molecule has 0 atom stereocenters. The molecule has 0 radical (unpaired) electrons. The minimum absolute atomic E-state index is 0.575. The monoisotopic (exact) mass is 221 g/mol. The Kier molecular flexibility index (Phi) is 1.59. The van der Waals surface area contributed by atoms with Crippen molar-refractivity contribution in [2.45, 2.75) is 0 Å². The number of pyridine rings is 1. The van der Waals surface area contributed by atoms with E-state index in [1.165, 1.54) is 0 Å². The molecule has 0 spiro atoms. The number of nitriles is 1. The van der Waals surface area contributed by atoms with Crippen LogP contribution in [0.25, 0.3) is 11.0 Å². The molecule has 2 aromatic heterocycles. The number of nitrogens with zero attached hydrogens (tertiary/aromatic N) is 2. The van der Waals surface area contributed by atoms with Crippen molar-refractivity contribution in [3.63, 3.8) is 0 Å². The number of halogens is 1. The zero-order chi connectivity index (χ0) is 8.55. The first-order chi connectivity index (χ1) is 5.83. The second-order valence-electron chi connectivity index (χ2n) is 2.33. The Bertz CT molecular complexity index is 467. The Labute approximate surface area is 77.2 Å². The molecule has 0 bridgehead atoms. The zero-order valence-corrected chi connectivity index (χ0v) is 7.59. The highest BCUT2D eigenvalue weighted by atomic mass is 79.9. The average molecular weight is 222 g/mol. The summed E-state index contributed by atoms with van der Waals surface area (Å²) >= 11 is 3.36. The second-order valence-corrected chi connectivity index (χ2v) is 3.18. The summed E-state index contributed by atoms with van der Waals surface area (Å²) in [6, 6.07) is 3.90. The molecule has 0 aliphatic carbocycles. The molecule has 0 aliphatic rings. The summed E-state index contributed by atoms with van der Waals surface area (Å²) in [5.41, 5.74) is 2.16. The molecule has 2 aromatic rings. The third-order valence-electron chi connectivity index (χ3n) is 1.64. The standard InChI is InChI=1S/C8H4BrN3/c9-6-1-2-11-7-5(3-10)4-12-8(6)7/h1-2,4,12H. The van der Waals surface area contributed by atoms with Gasteiger partial charge >= 0.3 is 0 Å². The van der Waals surface area contributed by atoms with Gasteiger partial charge in [-0.15, -0.1) is 0 Å². The number of hydrogen-bond donors (Lipinski definition) is 1. The summed E-state index contributed by atoms with van der Waals surface area (Å²) < 4.78 is 0.925. The molecule has 0 aromatic carbocycles. The van der Waals surface area contributed by atoms with Gasteiger partial charge in [-0.1, -0.05) is 0 Å². The molecule has 58 valence electrons. The molecule has 0 saturated carbocycles. The summed E-state index contributed by atoms with van der Waals surface area (Å²) in [7, 11) is 0. The van der Waals surface area contributed by atoms with Crippen LogP contribution in [0.4, 0.5) is 0 Å². The van der Waals surface area contributed by atoms with Gasteiger partial charge in [0.2, 0.25) is 0 Å². The van der Waals surface area contributed by atoms with Crippen molar-refractivity contribution in [3.8, 4) is 6.07 Å². The minimum atomic E-state index is 0.575. The fourth-order valence-corrected chi connectivity index (χ4v) is 1.50. The van der Waals surface area contributed by atoms with E-state index in [2.05, 4.69) is 32.0 Å². The van der Waals surface area contributed by atoms with Crippen LogP contribution in [0, 0.1) is 11.3 Å². The first-order valence-corrected chi connectivity index (χ1v) is 4.14. The van der Waals surface area contributed by atoms with Crippen LogP contribution >= 0.6 is 15.9 Å². The molecule has 0 amide bonds. The first-order valence-electron chi connectivity index (χ1n) is 3.34. The summed E-state index contributed by atoms with van der Waals surface area (Å²) in [4.78, 5) is 7.06. The highest BCUT2D eigenvalue weighted by molar-refractivity contribution is 9.10. The van der Waals surface area contributed by atoms with Crippen LogP contribution in [0.2, 0.25) is 0 Å². The van der Waals surface area contributed by atoms with Crippen molar-refractivity contribution in [1.29, 1.82) is 5.26 Å². The third kappa shape index (κ3) is 0.908. The van der Waals surface area contributed by atoms with Gasteiger partial charge in [0.1, 0.15) is 11.6 Å². The smallest absolute Gasteiger partial charge is 0.107 e. The van der Waals surface area contributed by atoms with Crippen LogP contribution in [0.3, 0.4) is 0 Å². The molecule has 12 heavy (non-hydrogen) atoms. The largest absolute Gasteiger partial charge is 0.358 e. The summed E-state index contributed by atoms with van der Waals surface area (Å²) in [6.07, 6.45) is 3.32. The van der Waals surface area contributed by atoms with Gasteiger partial charge in [-0.25, -0.2) is 0 Å². The lowest BCUT2D eigenvalue weighted by atomic mass is 10.3. The summed E-state index contributed by atoms with van der Waals surface area (Å²) in [5.74, 6) is 0. The third-order valence-corrected chi connectivity index (χ3v) is 2.30. The number of H-pyrrole nitrogens is 1. The lowest BCUT2D eigenvalue weighted by Crippen LogP contribution is -1.76. The number of hydrogen-bond acceptors (Lipinski definition) is 2. The molecular formula is C8H4BrN3. The number of aromatic nitrogens is 2. The number of nitrogens with one attached hydrogen (secondary N) is 1. The molecule has 0 aliphatic heterocycles. The van der Waals surface area contributed by atoms with Gasteiger partial charge in [-0.2, -0.15) is 5.26 Å². The number of fused-ring (bicyclic) bond motifs is 1. The molecule has 3 nitrogen and oxygen atoms in total. The molecule has 1 N–H and O–H groups in total. The van der Waals surface area contributed by atoms with Crippen molar-refractivity contribution in [2.24, 2.45) is 0 Å². The zero-order valence-electron chi connectivity index (χ0n) is 6.00. The van der Waals surface area contributed by atoms with E-state index in [-0.39, 0.29) is 0 Å². The minimum Gasteiger partial charge on any atom is -0.358 e. The van der Waals surface area contributed by atoms with Gasteiger partial charge < -0.3 is 4.98 Å². The predicted octanol–water partition coefficient (Wildman–Crippen LogP) is 2.20. The van der Waals surface area contributed by atoms with Crippen molar-refractivity contribution < 1.29 is 0 Å². The van der Waals surface area contributed by atoms with E-state index >= 15 is 0 Å². The van der Waals surface area contributed by atoms with E-state index in [0.717, 1.165) is 9.99 Å². The Balaban J connectivity index is 2.91. The Morgan fingerprint density at radius 2 is 2.42 bits per heavy atom. The summed E-state index contributed by atoms with van der Waals surface area (Å²) in [5, 5.41) is 8.69. The average Bonchev–Trinajstić information content (AvgIpc) is 2.49. The Morgan fingerprint density at radius 1 is 1.58 bits per heavy atom. The maximum Gasteiger partial charge on any atom is 0.107 e. The molecule has 0 unspecified atom stereocenters. The number of rotatable bonds is 0. The van der Waals surface area contributed by atoms with Crippen LogP contribution in [0.15, 0.2) is 22.9 Å². The van der Waals surface area contributed by atoms with E-state index < -0.39 is 0 Å². The van der Waals surface area contributed by atoms with Crippen molar-refractivity contribution >= 4 is 27.0 Å². The predicted molar refractivity (Wildman–Crippen MR) is 48.5 cm³/mol. The van der Waals surface area contributed by atoms with Gasteiger partial charge in [0, 0.05) is 16.9 Å². The molecular weight excluding hydrogens is 218 g/mol. The van der Waals surface area contributed by atoms with Gasteiger partial charge in [-0.05, 0) is 22.0 Å². The van der Waals surface area contributed by atoms with Crippen LogP contribution in [-0.2, 0) is 0 Å². The molecule has 2 heterocycles. The number of aromatic amines is 1. The Hall–Kier alpha value is -1.34. The Morgan fingerprint density at radius 3 is 3.17 bits per heavy atom. The maximum atomic E-state index is 8.69. The maximum absolute atomic E-state index is 8.69. The molecule has 0 saturated heterocycles. The van der Waals surface area contributed by atoms with Gasteiger partial charge in [-0.3, -0.25) is 4.98 Å². The summed E-state index contributed by atoms with van der Waals surface area (Å²) in [6.45, 7) is 0. The van der Waals surface area contributed by atoms with E-state index in [1.54, 1.807) is 12.4 Å². The fraction of sp³-hybridized carbons (Fsp3) is 0. The topological polar surface area (TPSA) is 52.5 Å². The van der Waals surface area contributed by atoms with Gasteiger partial charge in [0.25, 0.3) is 0 Å². The van der Waals surface area contributed by atoms with Crippen LogP contribution in [0.5, 0.6) is 0 Å². The quantitative estimate of drug-likeness (QED) is 0.742. The van der Waals surface area contributed by atoms with Crippen LogP contribution in [-0.4, -0.2) is 9.97 Å². The molecule has 4 heteroatoms. The van der Waals surface area contributed by atoms with Crippen molar-refractivity contribution in [2.75, 3.05) is 0 Å². The van der Waals surface area contributed by atoms with Crippen LogP contribution in [0.1, 0.15) is 5.56 Å². The lowest BCUT2D eigenvalue weighted by molar-refractivity contribution is 1.39. The fourth-order valence-electron chi connectivity index (χ4n) is 1.08. The van der Waals surface area contributed by atoms with Crippen molar-refractivity contribution in [3.05, 3.63) is 28.5 Å². The van der Waals surface area contributed by atoms with Gasteiger partial charge in [0.05, 0.1) is 11.1 Å². The van der Waals surface area contributed by atoms with Gasteiger partial charge in [0.15, 0.2) is 0 Å². The van der Waals surface area contributed by atoms with Crippen molar-refractivity contribution in [1.82, 2.24) is 9.97 Å². The highest BCUT2D eigenvalue weighted by Gasteiger charge is 2.05. The van der Waals surface area contributed by atoms with E-state index in [9.17, 15) is 0 Å². The molecule has 0 fully saturated rings. The second kappa shape index (κ2) is 2.61. The van der Waals surface area contributed by atoms with E-state index in [4.69, 9.17) is 5.26 Å². The van der Waals surface area contributed by atoms with Crippen LogP contribution < -0.4 is 0 Å². The SMILES string of the molecule is N#Cc1c[nH]c2c(Br)ccnc12. The highest BCUT2D eigenvalue weighted by Crippen LogP contribution is 2.22.